The van der Waals surface area contributed by atoms with E-state index in [1.165, 1.54) is 0 Å². The molecule has 0 amide bonds. The largest absolute Gasteiger partial charge is 0.445 e. The fourth-order valence-corrected chi connectivity index (χ4v) is 0.848. The molecule has 0 N–H and O–H groups in total. The van der Waals surface area contributed by atoms with Gasteiger partial charge in [0.15, 0.2) is 5.89 Å². The van der Waals surface area contributed by atoms with Crippen molar-refractivity contribution < 1.29 is 4.42 Å². The average molecular weight is 153 g/mol. The van der Waals surface area contributed by atoms with Gasteiger partial charge in [-0.3, -0.25) is 0 Å². The molecular formula is C9H15NO. The maximum absolute atomic E-state index is 5.43. The van der Waals surface area contributed by atoms with E-state index in [1.807, 2.05) is 13.1 Å². The number of nitrogens with zero attached hydrogens (tertiary/aromatic N) is 1. The van der Waals surface area contributed by atoms with Gasteiger partial charge in [-0.1, -0.05) is 20.8 Å². The molecule has 0 aliphatic carbocycles. The van der Waals surface area contributed by atoms with Gasteiger partial charge >= 0.3 is 0 Å². The van der Waals surface area contributed by atoms with E-state index < -0.39 is 0 Å². The van der Waals surface area contributed by atoms with Crippen LogP contribution in [0.2, 0.25) is 0 Å². The summed E-state index contributed by atoms with van der Waals surface area (Å²) in [4.78, 5) is 4.06. The van der Waals surface area contributed by atoms with Crippen LogP contribution in [0.15, 0.2) is 10.6 Å². The second kappa shape index (κ2) is 2.68. The first-order valence-corrected chi connectivity index (χ1v) is 3.99. The Bertz CT molecular complexity index is 237. The van der Waals surface area contributed by atoms with Gasteiger partial charge in [0.05, 0.1) is 6.20 Å². The Balaban J connectivity index is 2.92. The van der Waals surface area contributed by atoms with Gasteiger partial charge in [-0.05, 0) is 6.42 Å². The SMILES string of the molecule is CCC(C)(C)c1cnc(C)o1. The number of hydrogen-bond acceptors (Lipinski definition) is 2. The number of rotatable bonds is 2. The van der Waals surface area contributed by atoms with Crippen LogP contribution in [0.25, 0.3) is 0 Å². The summed E-state index contributed by atoms with van der Waals surface area (Å²) in [7, 11) is 0. The molecule has 0 bridgehead atoms. The highest BCUT2D eigenvalue weighted by molar-refractivity contribution is 5.06. The van der Waals surface area contributed by atoms with E-state index in [4.69, 9.17) is 4.42 Å². The van der Waals surface area contributed by atoms with Crippen LogP contribution in [-0.2, 0) is 5.41 Å². The number of oxazole rings is 1. The Morgan fingerprint density at radius 1 is 1.55 bits per heavy atom. The first-order chi connectivity index (χ1) is 5.06. The molecule has 0 aliphatic rings. The lowest BCUT2D eigenvalue weighted by Crippen LogP contribution is -2.13. The van der Waals surface area contributed by atoms with E-state index in [0.717, 1.165) is 18.1 Å². The number of aryl methyl sites for hydroxylation is 1. The maximum Gasteiger partial charge on any atom is 0.191 e. The Kier molecular flexibility index (Phi) is 2.03. The Hall–Kier alpha value is -0.790. The van der Waals surface area contributed by atoms with E-state index >= 15 is 0 Å². The van der Waals surface area contributed by atoms with Gasteiger partial charge in [-0.15, -0.1) is 0 Å². The van der Waals surface area contributed by atoms with Crippen molar-refractivity contribution in [3.05, 3.63) is 17.8 Å². The fourth-order valence-electron chi connectivity index (χ4n) is 0.848. The van der Waals surface area contributed by atoms with Crippen molar-refractivity contribution in [2.24, 2.45) is 0 Å². The Morgan fingerprint density at radius 2 is 2.18 bits per heavy atom. The van der Waals surface area contributed by atoms with Crippen LogP contribution in [0.5, 0.6) is 0 Å². The van der Waals surface area contributed by atoms with Crippen LogP contribution < -0.4 is 0 Å². The summed E-state index contributed by atoms with van der Waals surface area (Å²) in [6.07, 6.45) is 2.89. The van der Waals surface area contributed by atoms with E-state index in [9.17, 15) is 0 Å². The molecule has 1 rings (SSSR count). The first kappa shape index (κ1) is 8.31. The molecule has 2 nitrogen and oxygen atoms in total. The molecule has 0 aromatic carbocycles. The molecule has 0 radical (unpaired) electrons. The highest BCUT2D eigenvalue weighted by atomic mass is 16.4. The minimum absolute atomic E-state index is 0.126. The lowest BCUT2D eigenvalue weighted by molar-refractivity contribution is 0.363. The fraction of sp³-hybridized carbons (Fsp3) is 0.667. The summed E-state index contributed by atoms with van der Waals surface area (Å²) in [5, 5.41) is 0. The van der Waals surface area contributed by atoms with Crippen LogP contribution in [0.1, 0.15) is 38.8 Å². The Morgan fingerprint density at radius 3 is 2.55 bits per heavy atom. The molecule has 0 aliphatic heterocycles. The molecular weight excluding hydrogens is 138 g/mol. The van der Waals surface area contributed by atoms with Crippen LogP contribution in [-0.4, -0.2) is 4.98 Å². The normalized spacial score (nSPS) is 12.0. The predicted octanol–water partition coefficient (Wildman–Crippen LogP) is 2.67. The van der Waals surface area contributed by atoms with Gasteiger partial charge in [0, 0.05) is 12.3 Å². The van der Waals surface area contributed by atoms with Gasteiger partial charge in [0.25, 0.3) is 0 Å². The third-order valence-electron chi connectivity index (χ3n) is 2.17. The van der Waals surface area contributed by atoms with Crippen molar-refractivity contribution in [1.82, 2.24) is 4.98 Å². The Labute approximate surface area is 67.6 Å². The van der Waals surface area contributed by atoms with E-state index in [-0.39, 0.29) is 5.41 Å². The third-order valence-corrected chi connectivity index (χ3v) is 2.17. The topological polar surface area (TPSA) is 26.0 Å². The summed E-state index contributed by atoms with van der Waals surface area (Å²) in [5.41, 5.74) is 0.126. The van der Waals surface area contributed by atoms with Gasteiger partial charge < -0.3 is 4.42 Å². The molecule has 2 heteroatoms. The van der Waals surface area contributed by atoms with Crippen molar-refractivity contribution in [2.45, 2.75) is 39.5 Å². The van der Waals surface area contributed by atoms with Crippen molar-refractivity contribution >= 4 is 0 Å². The summed E-state index contributed by atoms with van der Waals surface area (Å²) < 4.78 is 5.43. The third kappa shape index (κ3) is 1.62. The zero-order chi connectivity index (χ0) is 8.48. The monoisotopic (exact) mass is 153 g/mol. The molecule has 0 fully saturated rings. The van der Waals surface area contributed by atoms with Crippen molar-refractivity contribution in [3.8, 4) is 0 Å². The zero-order valence-electron chi connectivity index (χ0n) is 7.64. The molecule has 1 aromatic heterocycles. The molecule has 0 spiro atoms. The molecule has 62 valence electrons. The highest BCUT2D eigenvalue weighted by Crippen LogP contribution is 2.26. The summed E-state index contributed by atoms with van der Waals surface area (Å²) in [6, 6.07) is 0. The van der Waals surface area contributed by atoms with Crippen LogP contribution in [0, 0.1) is 6.92 Å². The van der Waals surface area contributed by atoms with Crippen molar-refractivity contribution in [3.63, 3.8) is 0 Å². The van der Waals surface area contributed by atoms with Gasteiger partial charge in [0.1, 0.15) is 5.76 Å². The van der Waals surface area contributed by atoms with E-state index in [2.05, 4.69) is 25.8 Å². The molecule has 0 saturated carbocycles. The highest BCUT2D eigenvalue weighted by Gasteiger charge is 2.21. The van der Waals surface area contributed by atoms with Gasteiger partial charge in [-0.2, -0.15) is 0 Å². The van der Waals surface area contributed by atoms with Crippen LogP contribution in [0.4, 0.5) is 0 Å². The number of hydrogen-bond donors (Lipinski definition) is 0. The average Bonchev–Trinajstić information content (AvgIpc) is 2.36. The maximum atomic E-state index is 5.43. The molecule has 0 atom stereocenters. The molecule has 0 unspecified atom stereocenters. The van der Waals surface area contributed by atoms with Gasteiger partial charge in [0.2, 0.25) is 0 Å². The molecule has 1 aromatic rings. The summed E-state index contributed by atoms with van der Waals surface area (Å²) in [6.45, 7) is 8.34. The van der Waals surface area contributed by atoms with Crippen molar-refractivity contribution in [2.75, 3.05) is 0 Å². The second-order valence-electron chi connectivity index (χ2n) is 3.48. The lowest BCUT2D eigenvalue weighted by Gasteiger charge is -2.18. The van der Waals surface area contributed by atoms with Crippen LogP contribution in [0.3, 0.4) is 0 Å². The minimum atomic E-state index is 0.126. The summed E-state index contributed by atoms with van der Waals surface area (Å²) >= 11 is 0. The minimum Gasteiger partial charge on any atom is -0.445 e. The quantitative estimate of drug-likeness (QED) is 0.652. The van der Waals surface area contributed by atoms with E-state index in [1.54, 1.807) is 0 Å². The molecule has 1 heterocycles. The standard InChI is InChI=1S/C9H15NO/c1-5-9(3,4)8-6-10-7(2)11-8/h6H,5H2,1-4H3. The van der Waals surface area contributed by atoms with Crippen molar-refractivity contribution in [1.29, 1.82) is 0 Å². The predicted molar refractivity (Wildman–Crippen MR) is 44.6 cm³/mol. The molecule has 0 saturated heterocycles. The second-order valence-corrected chi connectivity index (χ2v) is 3.48. The van der Waals surface area contributed by atoms with Gasteiger partial charge in [-0.25, -0.2) is 4.98 Å². The lowest BCUT2D eigenvalue weighted by atomic mass is 9.88. The number of aromatic nitrogens is 1. The molecule has 11 heavy (non-hydrogen) atoms. The zero-order valence-corrected chi connectivity index (χ0v) is 7.64. The first-order valence-electron chi connectivity index (χ1n) is 3.99. The smallest absolute Gasteiger partial charge is 0.191 e. The summed E-state index contributed by atoms with van der Waals surface area (Å²) in [5.74, 6) is 1.74. The van der Waals surface area contributed by atoms with E-state index in [0.29, 0.717) is 0 Å². The van der Waals surface area contributed by atoms with Crippen LogP contribution >= 0.6 is 0 Å².